The number of carboxylic acids is 1. The highest BCUT2D eigenvalue weighted by molar-refractivity contribution is 5.86. The van der Waals surface area contributed by atoms with Crippen molar-refractivity contribution in [1.29, 1.82) is 0 Å². The Morgan fingerprint density at radius 3 is 2.60 bits per heavy atom. The average Bonchev–Trinajstić information content (AvgIpc) is 2.40. The molecule has 1 saturated carbocycles. The number of ether oxygens (including phenoxy) is 1. The van der Waals surface area contributed by atoms with Gasteiger partial charge in [-0.05, 0) is 24.3 Å². The summed E-state index contributed by atoms with van der Waals surface area (Å²) in [7, 11) is 0. The van der Waals surface area contributed by atoms with Gasteiger partial charge in [0.25, 0.3) is 0 Å². The summed E-state index contributed by atoms with van der Waals surface area (Å²) in [5.74, 6) is -0.882. The molecule has 1 aromatic carbocycles. The van der Waals surface area contributed by atoms with Gasteiger partial charge in [0.15, 0.2) is 0 Å². The van der Waals surface area contributed by atoms with Crippen LogP contribution in [0.25, 0.3) is 0 Å². The third-order valence-electron chi connectivity index (χ3n) is 3.54. The highest BCUT2D eigenvalue weighted by Crippen LogP contribution is 2.44. The molecule has 1 aromatic rings. The second kappa shape index (κ2) is 5.77. The Labute approximate surface area is 117 Å². The van der Waals surface area contributed by atoms with Gasteiger partial charge in [-0.2, -0.15) is 0 Å². The summed E-state index contributed by atoms with van der Waals surface area (Å²) in [4.78, 5) is 22.9. The number of carbonyl (C=O) groups is 2. The molecule has 0 aliphatic heterocycles. The minimum atomic E-state index is -1.22. The molecule has 0 heterocycles. The molecular formula is C15H17NO4. The summed E-state index contributed by atoms with van der Waals surface area (Å²) >= 11 is 0. The molecule has 1 fully saturated rings. The first-order chi connectivity index (χ1) is 9.57. The number of rotatable bonds is 5. The predicted octanol–water partition coefficient (Wildman–Crippen LogP) is 2.30. The molecular weight excluding hydrogens is 258 g/mol. The maximum absolute atomic E-state index is 11.5. The van der Waals surface area contributed by atoms with Crippen LogP contribution in [0.3, 0.4) is 0 Å². The van der Waals surface area contributed by atoms with Crippen molar-refractivity contribution in [2.45, 2.75) is 24.3 Å². The fraction of sp³-hybridized carbons (Fsp3) is 0.333. The molecule has 0 atom stereocenters. The zero-order chi connectivity index (χ0) is 14.6. The van der Waals surface area contributed by atoms with Gasteiger partial charge < -0.3 is 15.2 Å². The second-order valence-electron chi connectivity index (χ2n) is 4.92. The van der Waals surface area contributed by atoms with Gasteiger partial charge in [-0.3, -0.25) is 0 Å². The lowest BCUT2D eigenvalue weighted by atomic mass is 9.65. The number of amides is 1. The molecule has 5 nitrogen and oxygen atoms in total. The Morgan fingerprint density at radius 2 is 2.05 bits per heavy atom. The SMILES string of the molecule is C=CCOC(=O)NC1(C(=O)O)CC(c2ccccc2)C1. The van der Waals surface area contributed by atoms with Gasteiger partial charge >= 0.3 is 12.1 Å². The first-order valence-corrected chi connectivity index (χ1v) is 6.41. The van der Waals surface area contributed by atoms with E-state index in [2.05, 4.69) is 11.9 Å². The van der Waals surface area contributed by atoms with Gasteiger partial charge in [0.1, 0.15) is 12.1 Å². The average molecular weight is 275 g/mol. The van der Waals surface area contributed by atoms with E-state index in [4.69, 9.17) is 4.74 Å². The first-order valence-electron chi connectivity index (χ1n) is 6.41. The van der Waals surface area contributed by atoms with E-state index in [1.165, 1.54) is 6.08 Å². The van der Waals surface area contributed by atoms with E-state index in [9.17, 15) is 14.7 Å². The molecule has 0 spiro atoms. The largest absolute Gasteiger partial charge is 0.480 e. The molecule has 1 amide bonds. The highest BCUT2D eigenvalue weighted by Gasteiger charge is 2.52. The summed E-state index contributed by atoms with van der Waals surface area (Å²) in [6, 6.07) is 9.68. The smallest absolute Gasteiger partial charge is 0.408 e. The third kappa shape index (κ3) is 2.82. The van der Waals surface area contributed by atoms with Crippen LogP contribution in [0.1, 0.15) is 24.3 Å². The normalized spacial score (nSPS) is 24.3. The summed E-state index contributed by atoms with van der Waals surface area (Å²) in [6.45, 7) is 3.49. The lowest BCUT2D eigenvalue weighted by molar-refractivity contribution is -0.149. The van der Waals surface area contributed by atoms with Crippen LogP contribution >= 0.6 is 0 Å². The molecule has 0 saturated heterocycles. The summed E-state index contributed by atoms with van der Waals surface area (Å²) in [5, 5.41) is 11.8. The zero-order valence-electron chi connectivity index (χ0n) is 11.0. The van der Waals surface area contributed by atoms with Gasteiger partial charge in [-0.1, -0.05) is 43.0 Å². The van der Waals surface area contributed by atoms with Gasteiger partial charge in [-0.15, -0.1) is 0 Å². The zero-order valence-corrected chi connectivity index (χ0v) is 11.0. The molecule has 2 rings (SSSR count). The number of benzene rings is 1. The van der Waals surface area contributed by atoms with Crippen molar-refractivity contribution < 1.29 is 19.4 Å². The number of alkyl carbamates (subject to hydrolysis) is 1. The quantitative estimate of drug-likeness (QED) is 0.808. The molecule has 1 aliphatic carbocycles. The number of aliphatic carboxylic acids is 1. The predicted molar refractivity (Wildman–Crippen MR) is 73.5 cm³/mol. The molecule has 0 bridgehead atoms. The Hall–Kier alpha value is -2.30. The standard InChI is InChI=1S/C15H17NO4/c1-2-8-20-14(19)16-15(13(17)18)9-12(10-15)11-6-4-3-5-7-11/h2-7,12H,1,8-10H2,(H,16,19)(H,17,18). The van der Waals surface area contributed by atoms with Crippen LogP contribution < -0.4 is 5.32 Å². The van der Waals surface area contributed by atoms with Gasteiger partial charge in [0.2, 0.25) is 0 Å². The summed E-state index contributed by atoms with van der Waals surface area (Å²) in [6.07, 6.45) is 1.45. The second-order valence-corrected chi connectivity index (χ2v) is 4.92. The number of carbonyl (C=O) groups excluding carboxylic acids is 1. The van der Waals surface area contributed by atoms with Crippen molar-refractivity contribution in [3.8, 4) is 0 Å². The monoisotopic (exact) mass is 275 g/mol. The summed E-state index contributed by atoms with van der Waals surface area (Å²) < 4.78 is 4.78. The van der Waals surface area contributed by atoms with Crippen molar-refractivity contribution in [3.63, 3.8) is 0 Å². The van der Waals surface area contributed by atoms with E-state index in [0.29, 0.717) is 12.8 Å². The number of hydrogen-bond acceptors (Lipinski definition) is 3. The lowest BCUT2D eigenvalue weighted by Gasteiger charge is -2.44. The number of hydrogen-bond donors (Lipinski definition) is 2. The van der Waals surface area contributed by atoms with Crippen LogP contribution in [0.4, 0.5) is 4.79 Å². The molecule has 1 aliphatic rings. The topological polar surface area (TPSA) is 75.6 Å². The molecule has 106 valence electrons. The molecule has 0 radical (unpaired) electrons. The van der Waals surface area contributed by atoms with E-state index in [1.807, 2.05) is 30.3 Å². The van der Waals surface area contributed by atoms with Gasteiger partial charge in [-0.25, -0.2) is 9.59 Å². The minimum Gasteiger partial charge on any atom is -0.480 e. The molecule has 20 heavy (non-hydrogen) atoms. The Morgan fingerprint density at radius 1 is 1.40 bits per heavy atom. The molecule has 2 N–H and O–H groups in total. The minimum absolute atomic E-state index is 0.0592. The Bertz CT molecular complexity index is 506. The molecule has 0 unspecified atom stereocenters. The van der Waals surface area contributed by atoms with Crippen LogP contribution in [0, 0.1) is 0 Å². The lowest BCUT2D eigenvalue weighted by Crippen LogP contribution is -2.61. The summed E-state index contributed by atoms with van der Waals surface area (Å²) in [5.41, 5.74) is -0.135. The van der Waals surface area contributed by atoms with E-state index in [0.717, 1.165) is 5.56 Å². The van der Waals surface area contributed by atoms with Crippen molar-refractivity contribution in [2.24, 2.45) is 0 Å². The van der Waals surface area contributed by atoms with E-state index in [1.54, 1.807) is 0 Å². The van der Waals surface area contributed by atoms with Crippen molar-refractivity contribution in [3.05, 3.63) is 48.6 Å². The van der Waals surface area contributed by atoms with Gasteiger partial charge in [0, 0.05) is 0 Å². The fourth-order valence-corrected chi connectivity index (χ4v) is 2.44. The van der Waals surface area contributed by atoms with Crippen LogP contribution in [0.5, 0.6) is 0 Å². The highest BCUT2D eigenvalue weighted by atomic mass is 16.5. The first kappa shape index (κ1) is 14.1. The molecule has 5 heteroatoms. The maximum atomic E-state index is 11.5. The number of nitrogens with one attached hydrogen (secondary N) is 1. The van der Waals surface area contributed by atoms with E-state index < -0.39 is 17.6 Å². The maximum Gasteiger partial charge on any atom is 0.408 e. The third-order valence-corrected chi connectivity index (χ3v) is 3.54. The van der Waals surface area contributed by atoms with Crippen LogP contribution in [0.2, 0.25) is 0 Å². The van der Waals surface area contributed by atoms with Gasteiger partial charge in [0.05, 0.1) is 0 Å². The van der Waals surface area contributed by atoms with E-state index in [-0.39, 0.29) is 12.5 Å². The number of carboxylic acid groups (broad SMARTS) is 1. The van der Waals surface area contributed by atoms with E-state index >= 15 is 0 Å². The van der Waals surface area contributed by atoms with Crippen LogP contribution in [-0.4, -0.2) is 29.3 Å². The molecule has 0 aromatic heterocycles. The van der Waals surface area contributed by atoms with Crippen molar-refractivity contribution >= 4 is 12.1 Å². The Balaban J connectivity index is 1.99. The van der Waals surface area contributed by atoms with Crippen molar-refractivity contribution in [1.82, 2.24) is 5.32 Å². The fourth-order valence-electron chi connectivity index (χ4n) is 2.44. The Kier molecular flexibility index (Phi) is 4.08. The van der Waals surface area contributed by atoms with Crippen molar-refractivity contribution in [2.75, 3.05) is 6.61 Å². The van der Waals surface area contributed by atoms with Crippen LogP contribution in [0.15, 0.2) is 43.0 Å². The van der Waals surface area contributed by atoms with Crippen LogP contribution in [-0.2, 0) is 9.53 Å².